The molecule has 0 aromatic carbocycles. The number of nitrogens with zero attached hydrogens (tertiary/aromatic N) is 2. The molecule has 1 amide bonds. The van der Waals surface area contributed by atoms with Crippen LogP contribution in [-0.2, 0) is 20.7 Å². The van der Waals surface area contributed by atoms with E-state index in [1.807, 2.05) is 13.8 Å². The molecule has 126 valence electrons. The second kappa shape index (κ2) is 10.5. The Labute approximate surface area is 140 Å². The van der Waals surface area contributed by atoms with Crippen molar-refractivity contribution in [3.8, 4) is 0 Å². The third-order valence-corrected chi connectivity index (χ3v) is 3.66. The fourth-order valence-corrected chi connectivity index (χ4v) is 2.49. The summed E-state index contributed by atoms with van der Waals surface area (Å²) in [4.78, 5) is 22.8. The first-order valence-electron chi connectivity index (χ1n) is 6.88. The number of methoxy groups -OCH3 is 1. The number of esters is 1. The number of nitrogens with two attached hydrogens (primary N) is 1. The maximum Gasteiger partial charge on any atom is 0.305 e. The zero-order chi connectivity index (χ0) is 15.8. The zero-order valence-corrected chi connectivity index (χ0v) is 14.6. The van der Waals surface area contributed by atoms with Crippen LogP contribution in [0.15, 0.2) is 0 Å². The topological polar surface area (TPSA) is 107 Å². The van der Waals surface area contributed by atoms with Crippen molar-refractivity contribution >= 4 is 40.8 Å². The van der Waals surface area contributed by atoms with E-state index in [1.54, 1.807) is 0 Å². The Bertz CT molecular complexity index is 482. The van der Waals surface area contributed by atoms with E-state index in [0.717, 1.165) is 5.01 Å². The molecule has 1 atom stereocenters. The molecule has 1 heterocycles. The molecule has 0 bridgehead atoms. The van der Waals surface area contributed by atoms with Gasteiger partial charge in [0.05, 0.1) is 13.2 Å². The number of hydrogen-bond acceptors (Lipinski definition) is 7. The molecule has 3 N–H and O–H groups in total. The van der Waals surface area contributed by atoms with Crippen molar-refractivity contribution in [3.63, 3.8) is 0 Å². The van der Waals surface area contributed by atoms with Crippen LogP contribution in [0.1, 0.15) is 38.1 Å². The number of amides is 1. The summed E-state index contributed by atoms with van der Waals surface area (Å²) < 4.78 is 4.56. The predicted octanol–water partition coefficient (Wildman–Crippen LogP) is 1.77. The molecule has 0 spiro atoms. The average Bonchev–Trinajstić information content (AvgIpc) is 2.85. The number of anilines is 1. The highest BCUT2D eigenvalue weighted by Gasteiger charge is 2.17. The monoisotopic (exact) mass is 350 g/mol. The van der Waals surface area contributed by atoms with Gasteiger partial charge in [0.15, 0.2) is 0 Å². The van der Waals surface area contributed by atoms with Crippen molar-refractivity contribution < 1.29 is 14.3 Å². The van der Waals surface area contributed by atoms with Crippen LogP contribution in [-0.4, -0.2) is 35.2 Å². The number of hydrogen-bond donors (Lipinski definition) is 2. The summed E-state index contributed by atoms with van der Waals surface area (Å²) in [5.74, 6) is -0.136. The van der Waals surface area contributed by atoms with Gasteiger partial charge in [-0.2, -0.15) is 0 Å². The molecule has 0 aliphatic carbocycles. The first-order valence-corrected chi connectivity index (χ1v) is 7.69. The van der Waals surface area contributed by atoms with E-state index in [1.165, 1.54) is 18.4 Å². The minimum atomic E-state index is -0.545. The first-order chi connectivity index (χ1) is 9.92. The summed E-state index contributed by atoms with van der Waals surface area (Å²) in [6.45, 7) is 4.02. The number of carbonyl (C=O) groups excluding carboxylic acids is 2. The quantitative estimate of drug-likeness (QED) is 0.692. The number of ether oxygens (including phenoxy) is 1. The molecular formula is C13H23ClN4O3S. The molecule has 7 nitrogen and oxygen atoms in total. The SMILES string of the molecule is COC(=O)CCCc1nnc(NC(=O)[C@@H](N)CC(C)C)s1.Cl. The third kappa shape index (κ3) is 7.67. The maximum absolute atomic E-state index is 11.8. The smallest absolute Gasteiger partial charge is 0.305 e. The lowest BCUT2D eigenvalue weighted by Crippen LogP contribution is -2.36. The largest absolute Gasteiger partial charge is 0.469 e. The highest BCUT2D eigenvalue weighted by Crippen LogP contribution is 2.17. The molecule has 0 saturated heterocycles. The number of nitrogens with one attached hydrogen (secondary N) is 1. The van der Waals surface area contributed by atoms with Crippen LogP contribution in [0.3, 0.4) is 0 Å². The first kappa shape index (κ1) is 20.8. The van der Waals surface area contributed by atoms with Crippen LogP contribution >= 0.6 is 23.7 Å². The van der Waals surface area contributed by atoms with E-state index in [0.29, 0.717) is 36.7 Å². The van der Waals surface area contributed by atoms with Crippen molar-refractivity contribution in [3.05, 3.63) is 5.01 Å². The van der Waals surface area contributed by atoms with E-state index >= 15 is 0 Å². The number of carbonyl (C=O) groups is 2. The van der Waals surface area contributed by atoms with Crippen molar-refractivity contribution in [1.29, 1.82) is 0 Å². The Morgan fingerprint density at radius 3 is 2.64 bits per heavy atom. The van der Waals surface area contributed by atoms with Gasteiger partial charge in [-0.1, -0.05) is 25.2 Å². The van der Waals surface area contributed by atoms with Gasteiger partial charge in [-0.15, -0.1) is 22.6 Å². The van der Waals surface area contributed by atoms with Crippen LogP contribution in [0.25, 0.3) is 0 Å². The lowest BCUT2D eigenvalue weighted by molar-refractivity contribution is -0.140. The molecule has 1 aromatic rings. The highest BCUT2D eigenvalue weighted by molar-refractivity contribution is 7.15. The van der Waals surface area contributed by atoms with E-state index in [-0.39, 0.29) is 24.3 Å². The second-order valence-electron chi connectivity index (χ2n) is 5.16. The molecule has 1 rings (SSSR count). The Hall–Kier alpha value is -1.25. The minimum absolute atomic E-state index is 0. The molecule has 0 aliphatic rings. The second-order valence-corrected chi connectivity index (χ2v) is 6.22. The molecule has 0 saturated carbocycles. The van der Waals surface area contributed by atoms with E-state index in [9.17, 15) is 9.59 Å². The summed E-state index contributed by atoms with van der Waals surface area (Å²) in [5.41, 5.74) is 5.79. The fourth-order valence-electron chi connectivity index (χ4n) is 1.70. The molecule has 0 aliphatic heterocycles. The Morgan fingerprint density at radius 1 is 1.36 bits per heavy atom. The van der Waals surface area contributed by atoms with E-state index in [4.69, 9.17) is 5.73 Å². The summed E-state index contributed by atoms with van der Waals surface area (Å²) >= 11 is 1.29. The van der Waals surface area contributed by atoms with Crippen LogP contribution < -0.4 is 11.1 Å². The van der Waals surface area contributed by atoms with Crippen LogP contribution in [0, 0.1) is 5.92 Å². The van der Waals surface area contributed by atoms with Gasteiger partial charge in [0.2, 0.25) is 11.0 Å². The molecule has 1 aromatic heterocycles. The van der Waals surface area contributed by atoms with E-state index in [2.05, 4.69) is 20.3 Å². The number of rotatable bonds is 8. The minimum Gasteiger partial charge on any atom is -0.469 e. The summed E-state index contributed by atoms with van der Waals surface area (Å²) in [6, 6.07) is -0.545. The Morgan fingerprint density at radius 2 is 2.05 bits per heavy atom. The van der Waals surface area contributed by atoms with Gasteiger partial charge in [-0.05, 0) is 18.8 Å². The summed E-state index contributed by atoms with van der Waals surface area (Å²) in [6.07, 6.45) is 2.23. The number of halogens is 1. The van der Waals surface area contributed by atoms with Crippen LogP contribution in [0.5, 0.6) is 0 Å². The molecular weight excluding hydrogens is 328 g/mol. The number of aromatic nitrogens is 2. The Balaban J connectivity index is 0.00000441. The van der Waals surface area contributed by atoms with Gasteiger partial charge in [-0.25, -0.2) is 0 Å². The molecule has 0 unspecified atom stereocenters. The lowest BCUT2D eigenvalue weighted by atomic mass is 10.0. The van der Waals surface area contributed by atoms with Crippen LogP contribution in [0.2, 0.25) is 0 Å². The third-order valence-electron chi connectivity index (χ3n) is 2.76. The molecule has 9 heteroatoms. The Kier molecular flexibility index (Phi) is 9.88. The van der Waals surface area contributed by atoms with E-state index < -0.39 is 6.04 Å². The molecule has 0 radical (unpaired) electrons. The summed E-state index contributed by atoms with van der Waals surface area (Å²) in [5, 5.41) is 11.7. The maximum atomic E-state index is 11.8. The predicted molar refractivity (Wildman–Crippen MR) is 88.2 cm³/mol. The van der Waals surface area contributed by atoms with Crippen molar-refractivity contribution in [1.82, 2.24) is 10.2 Å². The van der Waals surface area contributed by atoms with Gasteiger partial charge in [-0.3, -0.25) is 14.9 Å². The van der Waals surface area contributed by atoms with Gasteiger partial charge >= 0.3 is 5.97 Å². The highest BCUT2D eigenvalue weighted by atomic mass is 35.5. The van der Waals surface area contributed by atoms with Crippen molar-refractivity contribution in [2.45, 2.75) is 45.6 Å². The average molecular weight is 351 g/mol. The summed E-state index contributed by atoms with van der Waals surface area (Å²) in [7, 11) is 1.36. The van der Waals surface area contributed by atoms with Gasteiger partial charge in [0.1, 0.15) is 5.01 Å². The van der Waals surface area contributed by atoms with Gasteiger partial charge in [0, 0.05) is 12.8 Å². The standard InChI is InChI=1S/C13H22N4O3S.ClH/c1-8(2)7-9(14)12(19)15-13-17-16-10(21-13)5-4-6-11(18)20-3;/h8-9H,4-7,14H2,1-3H3,(H,15,17,19);1H/t9-;/m0./s1. The van der Waals surface area contributed by atoms with Crippen molar-refractivity contribution in [2.24, 2.45) is 11.7 Å². The molecule has 22 heavy (non-hydrogen) atoms. The van der Waals surface area contributed by atoms with Gasteiger partial charge in [0.25, 0.3) is 0 Å². The normalized spacial score (nSPS) is 11.7. The zero-order valence-electron chi connectivity index (χ0n) is 13.0. The van der Waals surface area contributed by atoms with Gasteiger partial charge < -0.3 is 10.5 Å². The number of aryl methyl sites for hydroxylation is 1. The van der Waals surface area contributed by atoms with Crippen molar-refractivity contribution in [2.75, 3.05) is 12.4 Å². The van der Waals surface area contributed by atoms with Crippen LogP contribution in [0.4, 0.5) is 5.13 Å². The lowest BCUT2D eigenvalue weighted by Gasteiger charge is -2.12. The fraction of sp³-hybridized carbons (Fsp3) is 0.692. The molecule has 0 fully saturated rings.